The second-order valence-corrected chi connectivity index (χ2v) is 8.10. The third-order valence-electron chi connectivity index (χ3n) is 3.80. The van der Waals surface area contributed by atoms with Gasteiger partial charge in [0, 0.05) is 6.42 Å². The van der Waals surface area contributed by atoms with Gasteiger partial charge in [0.25, 0.3) is 0 Å². The lowest BCUT2D eigenvalue weighted by Crippen LogP contribution is -2.53. The molecule has 7 heteroatoms. The van der Waals surface area contributed by atoms with Crippen molar-refractivity contribution in [1.29, 1.82) is 0 Å². The molecule has 2 atom stereocenters. The van der Waals surface area contributed by atoms with Crippen LogP contribution in [0, 0.1) is 5.92 Å². The molecule has 1 aromatic rings. The number of esters is 1. The van der Waals surface area contributed by atoms with E-state index in [9.17, 15) is 14.4 Å². The maximum Gasteiger partial charge on any atom is 0.408 e. The molecule has 0 spiro atoms. The highest BCUT2D eigenvalue weighted by Crippen LogP contribution is 2.10. The molecule has 0 bridgehead atoms. The van der Waals surface area contributed by atoms with E-state index in [-0.39, 0.29) is 12.3 Å². The predicted octanol–water partition coefficient (Wildman–Crippen LogP) is 2.83. The lowest BCUT2D eigenvalue weighted by molar-refractivity contribution is -0.145. The fraction of sp³-hybridized carbons (Fsp3) is 0.571. The summed E-state index contributed by atoms with van der Waals surface area (Å²) < 4.78 is 10.1. The van der Waals surface area contributed by atoms with Crippen molar-refractivity contribution in [2.24, 2.45) is 5.92 Å². The standard InChI is InChI=1S/C21H32N2O5/c1-14(2)12-17(19(25)27-6)22-18(24)16(13-15-10-8-7-9-11-15)23-20(26)28-21(3,4)5/h7-11,14,16-17H,12-13H2,1-6H3,(H,22,24)(H,23,26)/t16?,17-/m1/s1. The third-order valence-corrected chi connectivity index (χ3v) is 3.80. The fourth-order valence-electron chi connectivity index (χ4n) is 2.61. The van der Waals surface area contributed by atoms with Gasteiger partial charge in [-0.1, -0.05) is 44.2 Å². The van der Waals surface area contributed by atoms with Gasteiger partial charge in [0.05, 0.1) is 7.11 Å². The Hall–Kier alpha value is -2.57. The van der Waals surface area contributed by atoms with Crippen LogP contribution in [0.15, 0.2) is 30.3 Å². The SMILES string of the molecule is COC(=O)[C@@H](CC(C)C)NC(=O)C(Cc1ccccc1)NC(=O)OC(C)(C)C. The molecule has 28 heavy (non-hydrogen) atoms. The zero-order chi connectivity index (χ0) is 21.3. The molecule has 1 unspecified atom stereocenters. The molecule has 156 valence electrons. The van der Waals surface area contributed by atoms with Crippen molar-refractivity contribution in [2.45, 2.75) is 65.1 Å². The van der Waals surface area contributed by atoms with Crippen LogP contribution in [0.2, 0.25) is 0 Å². The minimum absolute atomic E-state index is 0.177. The number of ether oxygens (including phenoxy) is 2. The second-order valence-electron chi connectivity index (χ2n) is 8.10. The van der Waals surface area contributed by atoms with Crippen molar-refractivity contribution in [2.75, 3.05) is 7.11 Å². The number of carbonyl (C=O) groups is 3. The summed E-state index contributed by atoms with van der Waals surface area (Å²) in [6.07, 6.45) is 0.00627. The van der Waals surface area contributed by atoms with Crippen LogP contribution in [0.25, 0.3) is 0 Å². The van der Waals surface area contributed by atoms with E-state index in [2.05, 4.69) is 10.6 Å². The van der Waals surface area contributed by atoms with Crippen molar-refractivity contribution in [3.05, 3.63) is 35.9 Å². The van der Waals surface area contributed by atoms with Gasteiger partial charge < -0.3 is 20.1 Å². The van der Waals surface area contributed by atoms with E-state index in [1.807, 2.05) is 44.2 Å². The molecule has 0 radical (unpaired) electrons. The number of benzene rings is 1. The van der Waals surface area contributed by atoms with Crippen LogP contribution in [0.5, 0.6) is 0 Å². The molecule has 1 aromatic carbocycles. The van der Waals surface area contributed by atoms with Gasteiger partial charge in [-0.25, -0.2) is 9.59 Å². The van der Waals surface area contributed by atoms with Crippen LogP contribution in [0.4, 0.5) is 4.79 Å². The predicted molar refractivity (Wildman–Crippen MR) is 107 cm³/mol. The van der Waals surface area contributed by atoms with E-state index >= 15 is 0 Å². The summed E-state index contributed by atoms with van der Waals surface area (Å²) in [5, 5.41) is 5.32. The van der Waals surface area contributed by atoms with E-state index in [0.717, 1.165) is 5.56 Å². The molecule has 7 nitrogen and oxygen atoms in total. The van der Waals surface area contributed by atoms with E-state index < -0.39 is 35.7 Å². The van der Waals surface area contributed by atoms with Gasteiger partial charge in [-0.05, 0) is 38.7 Å². The van der Waals surface area contributed by atoms with Crippen LogP contribution in [0.1, 0.15) is 46.6 Å². The minimum Gasteiger partial charge on any atom is -0.467 e. The number of alkyl carbamates (subject to hydrolysis) is 1. The highest BCUT2D eigenvalue weighted by Gasteiger charge is 2.29. The zero-order valence-corrected chi connectivity index (χ0v) is 17.6. The van der Waals surface area contributed by atoms with Gasteiger partial charge in [-0.2, -0.15) is 0 Å². The summed E-state index contributed by atoms with van der Waals surface area (Å²) in [4.78, 5) is 37.1. The first kappa shape index (κ1) is 23.5. The molecule has 0 aliphatic carbocycles. The Balaban J connectivity index is 2.95. The summed E-state index contributed by atoms with van der Waals surface area (Å²) in [5.74, 6) is -0.806. The first-order chi connectivity index (χ1) is 13.0. The Labute approximate surface area is 167 Å². The number of carbonyl (C=O) groups excluding carboxylic acids is 3. The van der Waals surface area contributed by atoms with Crippen LogP contribution in [-0.4, -0.2) is 42.8 Å². The zero-order valence-electron chi connectivity index (χ0n) is 17.6. The Morgan fingerprint density at radius 3 is 2.11 bits per heavy atom. The maximum atomic E-state index is 12.9. The number of amides is 2. The third kappa shape index (κ3) is 8.88. The molecule has 0 heterocycles. The quantitative estimate of drug-likeness (QED) is 0.664. The number of nitrogens with one attached hydrogen (secondary N) is 2. The first-order valence-corrected chi connectivity index (χ1v) is 9.43. The number of rotatable bonds is 8. The number of hydrogen-bond acceptors (Lipinski definition) is 5. The largest absolute Gasteiger partial charge is 0.467 e. The van der Waals surface area contributed by atoms with Crippen molar-refractivity contribution in [1.82, 2.24) is 10.6 Å². The van der Waals surface area contributed by atoms with E-state index in [1.165, 1.54) is 7.11 Å². The first-order valence-electron chi connectivity index (χ1n) is 9.43. The lowest BCUT2D eigenvalue weighted by Gasteiger charge is -2.25. The average molecular weight is 392 g/mol. The fourth-order valence-corrected chi connectivity index (χ4v) is 2.61. The number of hydrogen-bond donors (Lipinski definition) is 2. The molecule has 0 aromatic heterocycles. The molecule has 0 aliphatic rings. The maximum absolute atomic E-state index is 12.9. The van der Waals surface area contributed by atoms with Crippen molar-refractivity contribution >= 4 is 18.0 Å². The van der Waals surface area contributed by atoms with E-state index in [0.29, 0.717) is 6.42 Å². The molecule has 0 aliphatic heterocycles. The highest BCUT2D eigenvalue weighted by molar-refractivity contribution is 5.89. The van der Waals surface area contributed by atoms with E-state index in [1.54, 1.807) is 20.8 Å². The summed E-state index contributed by atoms with van der Waals surface area (Å²) in [7, 11) is 1.28. The Kier molecular flexibility index (Phi) is 8.96. The van der Waals surface area contributed by atoms with Gasteiger partial charge in [0.15, 0.2) is 0 Å². The van der Waals surface area contributed by atoms with E-state index in [4.69, 9.17) is 9.47 Å². The molecule has 2 amide bonds. The van der Waals surface area contributed by atoms with Crippen molar-refractivity contribution < 1.29 is 23.9 Å². The van der Waals surface area contributed by atoms with Crippen LogP contribution < -0.4 is 10.6 Å². The van der Waals surface area contributed by atoms with Gasteiger partial charge in [-0.3, -0.25) is 4.79 Å². The van der Waals surface area contributed by atoms with Crippen molar-refractivity contribution in [3.63, 3.8) is 0 Å². The molecule has 1 rings (SSSR count). The van der Waals surface area contributed by atoms with Crippen LogP contribution in [-0.2, 0) is 25.5 Å². The van der Waals surface area contributed by atoms with Crippen LogP contribution >= 0.6 is 0 Å². The normalized spacial score (nSPS) is 13.4. The Morgan fingerprint density at radius 1 is 1.00 bits per heavy atom. The monoisotopic (exact) mass is 392 g/mol. The van der Waals surface area contributed by atoms with Gasteiger partial charge in [0.2, 0.25) is 5.91 Å². The van der Waals surface area contributed by atoms with Crippen LogP contribution in [0.3, 0.4) is 0 Å². The average Bonchev–Trinajstić information content (AvgIpc) is 2.58. The van der Waals surface area contributed by atoms with Gasteiger partial charge >= 0.3 is 12.1 Å². The smallest absolute Gasteiger partial charge is 0.408 e. The molecule has 0 saturated carbocycles. The number of methoxy groups -OCH3 is 1. The lowest BCUT2D eigenvalue weighted by atomic mass is 10.0. The molecular formula is C21H32N2O5. The summed E-state index contributed by atoms with van der Waals surface area (Å²) in [6.45, 7) is 9.13. The molecule has 0 fully saturated rings. The Bertz CT molecular complexity index is 653. The minimum atomic E-state index is -0.892. The highest BCUT2D eigenvalue weighted by atomic mass is 16.6. The molecule has 0 saturated heterocycles. The van der Waals surface area contributed by atoms with Gasteiger partial charge in [-0.15, -0.1) is 0 Å². The summed E-state index contributed by atoms with van der Waals surface area (Å²) >= 11 is 0. The second kappa shape index (κ2) is 10.7. The summed E-state index contributed by atoms with van der Waals surface area (Å²) in [5.41, 5.74) is 0.182. The topological polar surface area (TPSA) is 93.7 Å². The molecule has 2 N–H and O–H groups in total. The van der Waals surface area contributed by atoms with Crippen molar-refractivity contribution in [3.8, 4) is 0 Å². The Morgan fingerprint density at radius 2 is 1.61 bits per heavy atom. The summed E-state index contributed by atoms with van der Waals surface area (Å²) in [6, 6.07) is 7.64. The van der Waals surface area contributed by atoms with Gasteiger partial charge in [0.1, 0.15) is 17.7 Å². The molecular weight excluding hydrogens is 360 g/mol.